The molecule has 0 aliphatic carbocycles. The van der Waals surface area contributed by atoms with Crippen molar-refractivity contribution in [1.82, 2.24) is 0 Å². The SMILES string of the molecule is CCSc1ccc2oc3cc(O)ccc3c(=O)c2c1. The summed E-state index contributed by atoms with van der Waals surface area (Å²) in [5.74, 6) is 1.05. The number of rotatable bonds is 2. The molecule has 19 heavy (non-hydrogen) atoms. The molecule has 0 fully saturated rings. The van der Waals surface area contributed by atoms with Crippen LogP contribution in [0, 0.1) is 0 Å². The van der Waals surface area contributed by atoms with Gasteiger partial charge in [0.15, 0.2) is 0 Å². The van der Waals surface area contributed by atoms with Gasteiger partial charge in [0.05, 0.1) is 10.8 Å². The second-order valence-corrected chi connectivity index (χ2v) is 5.54. The molecule has 3 nitrogen and oxygen atoms in total. The van der Waals surface area contributed by atoms with Crippen molar-refractivity contribution in [3.63, 3.8) is 0 Å². The average molecular weight is 272 g/mol. The fourth-order valence-corrected chi connectivity index (χ4v) is 2.78. The lowest BCUT2D eigenvalue weighted by atomic mass is 10.1. The van der Waals surface area contributed by atoms with E-state index >= 15 is 0 Å². The molecule has 0 atom stereocenters. The lowest BCUT2D eigenvalue weighted by Gasteiger charge is -2.04. The van der Waals surface area contributed by atoms with E-state index in [1.54, 1.807) is 23.9 Å². The Labute approximate surface area is 113 Å². The van der Waals surface area contributed by atoms with E-state index in [0.29, 0.717) is 21.9 Å². The maximum absolute atomic E-state index is 12.4. The second kappa shape index (κ2) is 4.63. The van der Waals surface area contributed by atoms with Gasteiger partial charge in [-0.05, 0) is 36.1 Å². The number of hydrogen-bond donors (Lipinski definition) is 1. The number of benzene rings is 2. The normalized spacial score (nSPS) is 11.2. The van der Waals surface area contributed by atoms with Gasteiger partial charge in [0.2, 0.25) is 5.43 Å². The summed E-state index contributed by atoms with van der Waals surface area (Å²) in [5.41, 5.74) is 0.895. The number of thioether (sulfide) groups is 1. The zero-order valence-corrected chi connectivity index (χ0v) is 11.2. The Morgan fingerprint density at radius 3 is 2.74 bits per heavy atom. The van der Waals surface area contributed by atoms with Gasteiger partial charge < -0.3 is 9.52 Å². The van der Waals surface area contributed by atoms with E-state index in [-0.39, 0.29) is 11.2 Å². The van der Waals surface area contributed by atoms with Crippen LogP contribution < -0.4 is 5.43 Å². The van der Waals surface area contributed by atoms with Crippen molar-refractivity contribution >= 4 is 33.7 Å². The van der Waals surface area contributed by atoms with E-state index in [9.17, 15) is 9.90 Å². The van der Waals surface area contributed by atoms with Crippen molar-refractivity contribution < 1.29 is 9.52 Å². The first kappa shape index (κ1) is 12.1. The van der Waals surface area contributed by atoms with Gasteiger partial charge >= 0.3 is 0 Å². The summed E-state index contributed by atoms with van der Waals surface area (Å²) in [6.45, 7) is 2.07. The van der Waals surface area contributed by atoms with Crippen molar-refractivity contribution in [3.8, 4) is 5.75 Å². The van der Waals surface area contributed by atoms with Crippen LogP contribution in [0.5, 0.6) is 5.75 Å². The van der Waals surface area contributed by atoms with Gasteiger partial charge in [-0.15, -0.1) is 11.8 Å². The van der Waals surface area contributed by atoms with E-state index in [4.69, 9.17) is 4.42 Å². The standard InChI is InChI=1S/C15H12O3S/c1-2-19-10-4-6-13-12(8-10)15(17)11-5-3-9(16)7-14(11)18-13/h3-8,16H,2H2,1H3. The Morgan fingerprint density at radius 1 is 1.11 bits per heavy atom. The van der Waals surface area contributed by atoms with Crippen LogP contribution in [0.2, 0.25) is 0 Å². The molecule has 0 bridgehead atoms. The molecular weight excluding hydrogens is 260 g/mol. The number of phenolic OH excluding ortho intramolecular Hbond substituents is 1. The number of aromatic hydroxyl groups is 1. The fourth-order valence-electron chi connectivity index (χ4n) is 2.08. The minimum Gasteiger partial charge on any atom is -0.508 e. The van der Waals surface area contributed by atoms with Gasteiger partial charge in [-0.2, -0.15) is 0 Å². The lowest BCUT2D eigenvalue weighted by Crippen LogP contribution is -2.01. The monoisotopic (exact) mass is 272 g/mol. The van der Waals surface area contributed by atoms with Gasteiger partial charge in [-0.1, -0.05) is 6.92 Å². The summed E-state index contributed by atoms with van der Waals surface area (Å²) >= 11 is 1.69. The van der Waals surface area contributed by atoms with Crippen LogP contribution in [-0.2, 0) is 0 Å². The van der Waals surface area contributed by atoms with Crippen molar-refractivity contribution in [2.75, 3.05) is 5.75 Å². The van der Waals surface area contributed by atoms with Gasteiger partial charge in [0.1, 0.15) is 16.9 Å². The third-order valence-corrected chi connectivity index (χ3v) is 3.81. The highest BCUT2D eigenvalue weighted by molar-refractivity contribution is 7.99. The van der Waals surface area contributed by atoms with E-state index in [1.807, 2.05) is 12.1 Å². The van der Waals surface area contributed by atoms with Crippen LogP contribution in [0.4, 0.5) is 0 Å². The Hall–Kier alpha value is -1.94. The maximum atomic E-state index is 12.4. The lowest BCUT2D eigenvalue weighted by molar-refractivity contribution is 0.474. The Balaban J connectivity index is 2.37. The Kier molecular flexibility index (Phi) is 2.95. The minimum atomic E-state index is -0.0604. The molecule has 0 aliphatic heterocycles. The smallest absolute Gasteiger partial charge is 0.200 e. The van der Waals surface area contributed by atoms with Crippen molar-refractivity contribution in [2.45, 2.75) is 11.8 Å². The van der Waals surface area contributed by atoms with Crippen molar-refractivity contribution in [2.24, 2.45) is 0 Å². The third kappa shape index (κ3) is 2.08. The van der Waals surface area contributed by atoms with Crippen LogP contribution in [0.1, 0.15) is 6.92 Å². The summed E-state index contributed by atoms with van der Waals surface area (Å²) in [6, 6.07) is 10.2. The summed E-state index contributed by atoms with van der Waals surface area (Å²) in [6.07, 6.45) is 0. The molecule has 1 N–H and O–H groups in total. The molecule has 1 heterocycles. The predicted octanol–water partition coefficient (Wildman–Crippen LogP) is 3.76. The molecule has 4 heteroatoms. The Morgan fingerprint density at radius 2 is 1.95 bits per heavy atom. The molecule has 0 saturated carbocycles. The molecule has 0 radical (unpaired) electrons. The van der Waals surface area contributed by atoms with Crippen LogP contribution in [0.15, 0.2) is 50.5 Å². The fraction of sp³-hybridized carbons (Fsp3) is 0.133. The first-order valence-corrected chi connectivity index (χ1v) is 7.00. The maximum Gasteiger partial charge on any atom is 0.200 e. The topological polar surface area (TPSA) is 50.4 Å². The Bertz CT molecular complexity index is 821. The van der Waals surface area contributed by atoms with Crippen LogP contribution in [0.3, 0.4) is 0 Å². The van der Waals surface area contributed by atoms with Gasteiger partial charge in [0, 0.05) is 11.0 Å². The molecule has 0 aliphatic rings. The zero-order chi connectivity index (χ0) is 13.4. The summed E-state index contributed by atoms with van der Waals surface area (Å²) < 4.78 is 5.67. The molecule has 3 aromatic rings. The van der Waals surface area contributed by atoms with Crippen LogP contribution >= 0.6 is 11.8 Å². The summed E-state index contributed by atoms with van der Waals surface area (Å²) in [5, 5.41) is 10.5. The number of hydrogen-bond acceptors (Lipinski definition) is 4. The molecule has 0 spiro atoms. The van der Waals surface area contributed by atoms with Gasteiger partial charge in [-0.3, -0.25) is 4.79 Å². The van der Waals surface area contributed by atoms with Crippen LogP contribution in [-0.4, -0.2) is 10.9 Å². The molecule has 3 rings (SSSR count). The highest BCUT2D eigenvalue weighted by Crippen LogP contribution is 2.25. The molecule has 0 unspecified atom stereocenters. The third-order valence-electron chi connectivity index (χ3n) is 2.94. The largest absolute Gasteiger partial charge is 0.508 e. The molecule has 0 amide bonds. The quantitative estimate of drug-likeness (QED) is 0.570. The van der Waals surface area contributed by atoms with E-state index in [1.165, 1.54) is 12.1 Å². The van der Waals surface area contributed by atoms with Gasteiger partial charge in [0.25, 0.3) is 0 Å². The molecule has 0 saturated heterocycles. The van der Waals surface area contributed by atoms with E-state index in [2.05, 4.69) is 6.92 Å². The zero-order valence-electron chi connectivity index (χ0n) is 10.3. The van der Waals surface area contributed by atoms with E-state index in [0.717, 1.165) is 10.6 Å². The molecule has 2 aromatic carbocycles. The highest BCUT2D eigenvalue weighted by atomic mass is 32.2. The number of fused-ring (bicyclic) bond motifs is 2. The predicted molar refractivity (Wildman–Crippen MR) is 78.1 cm³/mol. The summed E-state index contributed by atoms with van der Waals surface area (Å²) in [7, 11) is 0. The average Bonchev–Trinajstić information content (AvgIpc) is 2.40. The first-order chi connectivity index (χ1) is 9.19. The van der Waals surface area contributed by atoms with E-state index < -0.39 is 0 Å². The molecule has 1 aromatic heterocycles. The van der Waals surface area contributed by atoms with Crippen LogP contribution in [0.25, 0.3) is 21.9 Å². The summed E-state index contributed by atoms with van der Waals surface area (Å²) in [4.78, 5) is 13.5. The van der Waals surface area contributed by atoms with Crippen molar-refractivity contribution in [3.05, 3.63) is 46.6 Å². The highest BCUT2D eigenvalue weighted by Gasteiger charge is 2.08. The molecular formula is C15H12O3S. The first-order valence-electron chi connectivity index (χ1n) is 6.01. The minimum absolute atomic E-state index is 0.0604. The molecule has 96 valence electrons. The second-order valence-electron chi connectivity index (χ2n) is 4.20. The number of phenols is 1. The van der Waals surface area contributed by atoms with Crippen molar-refractivity contribution in [1.29, 1.82) is 0 Å². The van der Waals surface area contributed by atoms with Gasteiger partial charge in [-0.25, -0.2) is 0 Å².